The highest BCUT2D eigenvalue weighted by Crippen LogP contribution is 2.19. The Labute approximate surface area is 191 Å². The highest BCUT2D eigenvalue weighted by Gasteiger charge is 2.16. The Morgan fingerprint density at radius 1 is 1.06 bits per heavy atom. The van der Waals surface area contributed by atoms with Crippen molar-refractivity contribution in [3.05, 3.63) is 81.1 Å². The van der Waals surface area contributed by atoms with Crippen molar-refractivity contribution >= 4 is 17.5 Å². The van der Waals surface area contributed by atoms with Gasteiger partial charge in [0.1, 0.15) is 5.75 Å². The lowest BCUT2D eigenvalue weighted by atomic mass is 10.2. The van der Waals surface area contributed by atoms with E-state index in [0.717, 1.165) is 16.9 Å². The predicted octanol–water partition coefficient (Wildman–Crippen LogP) is 4.07. The lowest BCUT2D eigenvalue weighted by Gasteiger charge is -2.15. The maximum absolute atomic E-state index is 12.5. The van der Waals surface area contributed by atoms with Crippen molar-refractivity contribution < 1.29 is 14.3 Å². The molecular formula is C24H26ClN3O4. The molecule has 0 saturated carbocycles. The van der Waals surface area contributed by atoms with Crippen molar-refractivity contribution in [2.45, 2.75) is 46.4 Å². The van der Waals surface area contributed by atoms with Crippen LogP contribution >= 0.6 is 11.6 Å². The summed E-state index contributed by atoms with van der Waals surface area (Å²) < 4.78 is 12.5. The van der Waals surface area contributed by atoms with Crippen molar-refractivity contribution in [1.82, 2.24) is 15.1 Å². The van der Waals surface area contributed by atoms with Gasteiger partial charge in [0, 0.05) is 23.7 Å². The normalized spacial score (nSPS) is 11.8. The van der Waals surface area contributed by atoms with Crippen molar-refractivity contribution in [1.29, 1.82) is 0 Å². The number of halogens is 1. The zero-order valence-electron chi connectivity index (χ0n) is 18.5. The molecule has 7 nitrogen and oxygen atoms in total. The van der Waals surface area contributed by atoms with E-state index in [1.54, 1.807) is 25.1 Å². The number of ether oxygens (including phenoxy) is 2. The molecule has 8 heteroatoms. The van der Waals surface area contributed by atoms with E-state index in [1.165, 1.54) is 16.8 Å². The van der Waals surface area contributed by atoms with Crippen molar-refractivity contribution in [3.63, 3.8) is 0 Å². The summed E-state index contributed by atoms with van der Waals surface area (Å²) in [6.07, 6.45) is -0.707. The fourth-order valence-electron chi connectivity index (χ4n) is 2.97. The van der Waals surface area contributed by atoms with Crippen LogP contribution in [0, 0.1) is 6.92 Å². The first kappa shape index (κ1) is 23.3. The summed E-state index contributed by atoms with van der Waals surface area (Å²) in [6.45, 7) is 7.75. The molecule has 0 bridgehead atoms. The fourth-order valence-corrected chi connectivity index (χ4v) is 3.13. The van der Waals surface area contributed by atoms with Crippen LogP contribution in [-0.2, 0) is 11.3 Å². The maximum Gasteiger partial charge on any atom is 0.271 e. The Hall–Kier alpha value is -3.32. The molecule has 0 aliphatic carbocycles. The topological polar surface area (TPSA) is 82.5 Å². The third-order valence-electron chi connectivity index (χ3n) is 4.60. The molecule has 0 spiro atoms. The van der Waals surface area contributed by atoms with Crippen LogP contribution in [0.25, 0.3) is 5.69 Å². The molecule has 0 radical (unpaired) electrons. The van der Waals surface area contributed by atoms with E-state index < -0.39 is 6.10 Å². The van der Waals surface area contributed by atoms with E-state index in [4.69, 9.17) is 21.1 Å². The molecule has 168 valence electrons. The average Bonchev–Trinajstić information content (AvgIpc) is 2.75. The van der Waals surface area contributed by atoms with Gasteiger partial charge in [0.15, 0.2) is 6.10 Å². The van der Waals surface area contributed by atoms with Crippen molar-refractivity contribution in [3.8, 4) is 17.3 Å². The van der Waals surface area contributed by atoms with Crippen molar-refractivity contribution in [2.75, 3.05) is 0 Å². The van der Waals surface area contributed by atoms with Crippen LogP contribution < -0.4 is 20.3 Å². The molecule has 2 aromatic carbocycles. The van der Waals surface area contributed by atoms with Gasteiger partial charge in [0.25, 0.3) is 11.5 Å². The standard InChI is InChI=1S/C24H26ClN3O4/c1-15(2)31-20-9-6-18(7-10-20)14-26-24(30)17(4)32-22-11-12-23(29)28(27-22)21-13-19(25)8-5-16(21)3/h5-13,15,17H,14H2,1-4H3,(H,26,30). The number of nitrogens with zero attached hydrogens (tertiary/aromatic N) is 2. The third kappa shape index (κ3) is 6.11. The minimum Gasteiger partial charge on any atom is -0.491 e. The number of aryl methyl sites for hydroxylation is 1. The lowest BCUT2D eigenvalue weighted by Crippen LogP contribution is -2.36. The number of benzene rings is 2. The van der Waals surface area contributed by atoms with Crippen molar-refractivity contribution in [2.24, 2.45) is 0 Å². The fraction of sp³-hybridized carbons (Fsp3) is 0.292. The summed E-state index contributed by atoms with van der Waals surface area (Å²) in [5.74, 6) is 0.635. The molecule has 1 atom stereocenters. The van der Waals surface area contributed by atoms with Crippen LogP contribution in [0.3, 0.4) is 0 Å². The SMILES string of the molecule is Cc1ccc(Cl)cc1-n1nc(OC(C)C(=O)NCc2ccc(OC(C)C)cc2)ccc1=O. The Kier molecular flexibility index (Phi) is 7.53. The quantitative estimate of drug-likeness (QED) is 0.553. The second-order valence-corrected chi connectivity index (χ2v) is 8.08. The molecule has 1 N–H and O–H groups in total. The molecule has 3 rings (SSSR count). The van der Waals surface area contributed by atoms with Gasteiger partial charge in [-0.2, -0.15) is 4.68 Å². The lowest BCUT2D eigenvalue weighted by molar-refractivity contribution is -0.127. The highest BCUT2D eigenvalue weighted by atomic mass is 35.5. The second kappa shape index (κ2) is 10.3. The first-order chi connectivity index (χ1) is 15.2. The van der Waals surface area contributed by atoms with Gasteiger partial charge < -0.3 is 14.8 Å². The number of amides is 1. The summed E-state index contributed by atoms with van der Waals surface area (Å²) in [5.41, 5.74) is 1.99. The summed E-state index contributed by atoms with van der Waals surface area (Å²) in [5, 5.41) is 7.57. The molecule has 0 aliphatic heterocycles. The Morgan fingerprint density at radius 2 is 1.78 bits per heavy atom. The minimum atomic E-state index is -0.808. The van der Waals surface area contributed by atoms with Gasteiger partial charge in [-0.25, -0.2) is 0 Å². The number of hydrogen-bond acceptors (Lipinski definition) is 5. The van der Waals surface area contributed by atoms with Gasteiger partial charge in [-0.15, -0.1) is 5.10 Å². The second-order valence-electron chi connectivity index (χ2n) is 7.64. The first-order valence-electron chi connectivity index (χ1n) is 10.3. The number of carbonyl (C=O) groups excluding carboxylic acids is 1. The van der Waals surface area contributed by atoms with Crippen LogP contribution in [0.2, 0.25) is 5.02 Å². The molecule has 3 aromatic rings. The third-order valence-corrected chi connectivity index (χ3v) is 4.84. The summed E-state index contributed by atoms with van der Waals surface area (Å²) in [6, 6.07) is 15.5. The monoisotopic (exact) mass is 455 g/mol. The van der Waals surface area contributed by atoms with Gasteiger partial charge in [-0.05, 0) is 63.1 Å². The van der Waals surface area contributed by atoms with Crippen LogP contribution in [-0.4, -0.2) is 27.9 Å². The molecule has 1 heterocycles. The van der Waals surface area contributed by atoms with Gasteiger partial charge in [0.05, 0.1) is 11.8 Å². The number of aromatic nitrogens is 2. The van der Waals surface area contributed by atoms with Crippen LogP contribution in [0.15, 0.2) is 59.4 Å². The van der Waals surface area contributed by atoms with E-state index in [0.29, 0.717) is 17.3 Å². The molecule has 0 fully saturated rings. The predicted molar refractivity (Wildman–Crippen MR) is 124 cm³/mol. The van der Waals surface area contributed by atoms with E-state index in [1.807, 2.05) is 45.0 Å². The summed E-state index contributed by atoms with van der Waals surface area (Å²) >= 11 is 6.07. The molecule has 0 saturated heterocycles. The Bertz CT molecular complexity index is 1140. The zero-order valence-corrected chi connectivity index (χ0v) is 19.2. The largest absolute Gasteiger partial charge is 0.491 e. The average molecular weight is 456 g/mol. The van der Waals surface area contributed by atoms with Gasteiger partial charge in [-0.3, -0.25) is 9.59 Å². The highest BCUT2D eigenvalue weighted by molar-refractivity contribution is 6.30. The molecule has 0 aliphatic rings. The molecule has 1 unspecified atom stereocenters. The Morgan fingerprint density at radius 3 is 2.47 bits per heavy atom. The molecular weight excluding hydrogens is 430 g/mol. The van der Waals surface area contributed by atoms with E-state index in [9.17, 15) is 9.59 Å². The Balaban J connectivity index is 1.64. The molecule has 1 aromatic heterocycles. The molecule has 1 amide bonds. The van der Waals surface area contributed by atoms with Gasteiger partial charge in [0.2, 0.25) is 5.88 Å². The van der Waals surface area contributed by atoms with E-state index >= 15 is 0 Å². The van der Waals surface area contributed by atoms with Crippen LogP contribution in [0.5, 0.6) is 11.6 Å². The minimum absolute atomic E-state index is 0.101. The van der Waals surface area contributed by atoms with Crippen LogP contribution in [0.1, 0.15) is 31.9 Å². The summed E-state index contributed by atoms with van der Waals surface area (Å²) in [7, 11) is 0. The number of carbonyl (C=O) groups is 1. The maximum atomic E-state index is 12.5. The zero-order chi connectivity index (χ0) is 23.3. The summed E-state index contributed by atoms with van der Waals surface area (Å²) in [4.78, 5) is 24.8. The number of hydrogen-bond donors (Lipinski definition) is 1. The van der Waals surface area contributed by atoms with Gasteiger partial charge in [-0.1, -0.05) is 29.8 Å². The first-order valence-corrected chi connectivity index (χ1v) is 10.7. The molecule has 32 heavy (non-hydrogen) atoms. The van der Waals surface area contributed by atoms with E-state index in [2.05, 4.69) is 10.4 Å². The number of nitrogens with one attached hydrogen (secondary N) is 1. The van der Waals surface area contributed by atoms with Gasteiger partial charge >= 0.3 is 0 Å². The van der Waals surface area contributed by atoms with Crippen LogP contribution in [0.4, 0.5) is 0 Å². The van der Waals surface area contributed by atoms with E-state index in [-0.39, 0.29) is 23.5 Å². The smallest absolute Gasteiger partial charge is 0.271 e. The number of rotatable bonds is 8.